The Morgan fingerprint density at radius 3 is 2.52 bits per heavy atom. The molecule has 2 aliphatic rings. The third kappa shape index (κ3) is 5.00. The molecule has 1 aromatic carbocycles. The summed E-state index contributed by atoms with van der Waals surface area (Å²) >= 11 is 0. The molecule has 2 saturated heterocycles. The number of hydrogen-bond acceptors (Lipinski definition) is 11. The molecule has 11 heteroatoms. The molecule has 0 spiro atoms. The number of phenols is 1. The average molecular weight is 444 g/mol. The molecule has 11 nitrogen and oxygen atoms in total. The number of aliphatic hydroxyl groups excluding tert-OH is 5. The minimum atomic E-state index is -1.88. The molecule has 0 saturated carbocycles. The maximum absolute atomic E-state index is 10.2. The van der Waals surface area contributed by atoms with Crippen molar-refractivity contribution in [1.29, 1.82) is 0 Å². The van der Waals surface area contributed by atoms with Gasteiger partial charge in [0.1, 0.15) is 36.1 Å². The largest absolute Gasteiger partial charge is 0.504 e. The van der Waals surface area contributed by atoms with E-state index in [0.29, 0.717) is 6.42 Å². The van der Waals surface area contributed by atoms with Gasteiger partial charge in [-0.3, -0.25) is 0 Å². The Bertz CT molecular complexity index is 759. The van der Waals surface area contributed by atoms with E-state index in [9.17, 15) is 35.7 Å². The molecule has 174 valence electrons. The highest BCUT2D eigenvalue weighted by atomic mass is 16.7. The second-order valence-corrected chi connectivity index (χ2v) is 7.65. The van der Waals surface area contributed by atoms with E-state index < -0.39 is 61.9 Å². The number of ether oxygens (including phenoxy) is 4. The van der Waals surface area contributed by atoms with E-state index in [4.69, 9.17) is 18.9 Å². The number of aliphatic hydroxyl groups is 6. The molecule has 8 atom stereocenters. The van der Waals surface area contributed by atoms with Gasteiger partial charge in [-0.05, 0) is 24.1 Å². The number of aromatic hydroxyl groups is 1. The van der Waals surface area contributed by atoms with Crippen LogP contribution in [0.25, 0.3) is 0 Å². The van der Waals surface area contributed by atoms with E-state index in [1.54, 1.807) is 12.1 Å². The van der Waals surface area contributed by atoms with Crippen LogP contribution in [-0.2, 0) is 20.6 Å². The Morgan fingerprint density at radius 2 is 1.87 bits per heavy atom. The van der Waals surface area contributed by atoms with Crippen LogP contribution >= 0.6 is 0 Å². The maximum Gasteiger partial charge on any atom is 0.229 e. The number of rotatable bonds is 8. The molecule has 31 heavy (non-hydrogen) atoms. The van der Waals surface area contributed by atoms with Crippen LogP contribution in [0.4, 0.5) is 0 Å². The van der Waals surface area contributed by atoms with Crippen LogP contribution in [0.2, 0.25) is 0 Å². The Labute approximate surface area is 178 Å². The molecular weight excluding hydrogens is 416 g/mol. The van der Waals surface area contributed by atoms with Gasteiger partial charge in [0.15, 0.2) is 17.8 Å². The molecule has 0 bridgehead atoms. The first-order valence-corrected chi connectivity index (χ1v) is 9.74. The van der Waals surface area contributed by atoms with Crippen molar-refractivity contribution in [3.63, 3.8) is 0 Å². The molecule has 2 heterocycles. The van der Waals surface area contributed by atoms with E-state index >= 15 is 0 Å². The fourth-order valence-electron chi connectivity index (χ4n) is 3.35. The molecule has 0 aliphatic carbocycles. The summed E-state index contributed by atoms with van der Waals surface area (Å²) in [6, 6.07) is 4.59. The quantitative estimate of drug-likeness (QED) is 0.216. The SMILES string of the molecule is C=CCc1ccc(O)c(O[C@@H]2O[C@H](CO[C@@H]3OC[C@@](O)(CO)[C@H]3O)[C@@H](O)[C@H](O)[C@H]2O)c1. The van der Waals surface area contributed by atoms with Crippen molar-refractivity contribution in [2.75, 3.05) is 19.8 Å². The highest BCUT2D eigenvalue weighted by Crippen LogP contribution is 2.32. The normalized spacial score (nSPS) is 38.2. The monoisotopic (exact) mass is 444 g/mol. The van der Waals surface area contributed by atoms with Gasteiger partial charge < -0.3 is 54.7 Å². The van der Waals surface area contributed by atoms with Crippen molar-refractivity contribution in [3.05, 3.63) is 36.4 Å². The third-order valence-corrected chi connectivity index (χ3v) is 5.32. The van der Waals surface area contributed by atoms with Crippen molar-refractivity contribution in [2.45, 2.75) is 55.1 Å². The Hall–Kier alpha value is -1.80. The molecule has 3 rings (SSSR count). The fraction of sp³-hybridized carbons (Fsp3) is 0.600. The van der Waals surface area contributed by atoms with E-state index in [2.05, 4.69) is 6.58 Å². The number of benzene rings is 1. The summed E-state index contributed by atoms with van der Waals surface area (Å²) in [7, 11) is 0. The first-order chi connectivity index (χ1) is 14.7. The van der Waals surface area contributed by atoms with Crippen LogP contribution < -0.4 is 4.74 Å². The molecule has 0 amide bonds. The summed E-state index contributed by atoms with van der Waals surface area (Å²) in [5, 5.41) is 69.9. The van der Waals surface area contributed by atoms with E-state index in [-0.39, 0.29) is 18.1 Å². The van der Waals surface area contributed by atoms with Gasteiger partial charge in [0.2, 0.25) is 6.29 Å². The lowest BCUT2D eigenvalue weighted by atomic mass is 9.99. The summed E-state index contributed by atoms with van der Waals surface area (Å²) in [4.78, 5) is 0. The van der Waals surface area contributed by atoms with E-state index in [1.165, 1.54) is 12.1 Å². The lowest BCUT2D eigenvalue weighted by Crippen LogP contribution is -2.60. The van der Waals surface area contributed by atoms with Gasteiger partial charge in [-0.2, -0.15) is 0 Å². The van der Waals surface area contributed by atoms with Gasteiger partial charge in [0.25, 0.3) is 0 Å². The zero-order valence-electron chi connectivity index (χ0n) is 16.6. The molecule has 0 radical (unpaired) electrons. The highest BCUT2D eigenvalue weighted by molar-refractivity contribution is 5.42. The predicted octanol–water partition coefficient (Wildman–Crippen LogP) is -2.24. The minimum absolute atomic E-state index is 0.00536. The number of phenolic OH excluding ortho intramolecular Hbond substituents is 1. The van der Waals surface area contributed by atoms with Crippen LogP contribution in [0.3, 0.4) is 0 Å². The zero-order chi connectivity index (χ0) is 22.8. The van der Waals surface area contributed by atoms with Crippen molar-refractivity contribution in [2.24, 2.45) is 0 Å². The second-order valence-electron chi connectivity index (χ2n) is 7.65. The summed E-state index contributed by atoms with van der Waals surface area (Å²) in [6.45, 7) is 2.12. The van der Waals surface area contributed by atoms with Crippen molar-refractivity contribution in [3.8, 4) is 11.5 Å². The van der Waals surface area contributed by atoms with Gasteiger partial charge in [-0.1, -0.05) is 12.1 Å². The molecule has 1 aromatic rings. The van der Waals surface area contributed by atoms with E-state index in [1.807, 2.05) is 0 Å². The second kappa shape index (κ2) is 9.77. The summed E-state index contributed by atoms with van der Waals surface area (Å²) in [5.74, 6) is -0.225. The Balaban J connectivity index is 1.67. The maximum atomic E-state index is 10.2. The Morgan fingerprint density at radius 1 is 1.13 bits per heavy atom. The molecule has 2 aliphatic heterocycles. The van der Waals surface area contributed by atoms with Gasteiger partial charge in [-0.15, -0.1) is 6.58 Å². The van der Waals surface area contributed by atoms with E-state index in [0.717, 1.165) is 5.56 Å². The topological polar surface area (TPSA) is 179 Å². The van der Waals surface area contributed by atoms with Gasteiger partial charge in [0.05, 0.1) is 19.8 Å². The first kappa shape index (κ1) is 23.9. The standard InChI is InChI=1S/C20H28O11/c1-2-3-10-4-5-11(22)12(6-10)30-18-16(25)15(24)14(23)13(31-18)7-28-19-17(26)20(27,8-21)9-29-19/h2,4-6,13-19,21-27H,1,3,7-9H2/t13-,14-,15+,16-,17+,18-,19-,20+/m1/s1. The predicted molar refractivity (Wildman–Crippen MR) is 103 cm³/mol. The molecule has 0 unspecified atom stereocenters. The van der Waals surface area contributed by atoms with Gasteiger partial charge >= 0.3 is 0 Å². The third-order valence-electron chi connectivity index (χ3n) is 5.32. The molecular formula is C20H28O11. The van der Waals surface area contributed by atoms with Crippen LogP contribution in [0.1, 0.15) is 5.56 Å². The van der Waals surface area contributed by atoms with Crippen LogP contribution in [-0.4, -0.2) is 104 Å². The Kier molecular flexibility index (Phi) is 7.52. The first-order valence-electron chi connectivity index (χ1n) is 9.74. The van der Waals surface area contributed by atoms with Crippen LogP contribution in [0.5, 0.6) is 11.5 Å². The van der Waals surface area contributed by atoms with Crippen molar-refractivity contribution < 1.29 is 54.7 Å². The summed E-state index contributed by atoms with van der Waals surface area (Å²) < 4.78 is 21.5. The van der Waals surface area contributed by atoms with Crippen LogP contribution in [0.15, 0.2) is 30.9 Å². The lowest BCUT2D eigenvalue weighted by Gasteiger charge is -2.40. The summed E-state index contributed by atoms with van der Waals surface area (Å²) in [5.41, 5.74) is -1.11. The smallest absolute Gasteiger partial charge is 0.229 e. The minimum Gasteiger partial charge on any atom is -0.504 e. The van der Waals surface area contributed by atoms with Gasteiger partial charge in [0, 0.05) is 0 Å². The number of hydrogen-bond donors (Lipinski definition) is 7. The molecule has 2 fully saturated rings. The van der Waals surface area contributed by atoms with Crippen LogP contribution in [0, 0.1) is 0 Å². The van der Waals surface area contributed by atoms with Gasteiger partial charge in [-0.25, -0.2) is 0 Å². The lowest BCUT2D eigenvalue weighted by molar-refractivity contribution is -0.289. The molecule has 0 aromatic heterocycles. The number of allylic oxidation sites excluding steroid dienone is 1. The summed E-state index contributed by atoms with van der Waals surface area (Å²) in [6.07, 6.45) is -8.22. The van der Waals surface area contributed by atoms with Crippen molar-refractivity contribution >= 4 is 0 Å². The molecule has 7 N–H and O–H groups in total. The highest BCUT2D eigenvalue weighted by Gasteiger charge is 2.50. The van der Waals surface area contributed by atoms with Crippen molar-refractivity contribution in [1.82, 2.24) is 0 Å². The zero-order valence-corrected chi connectivity index (χ0v) is 16.6. The fourth-order valence-corrected chi connectivity index (χ4v) is 3.35. The average Bonchev–Trinajstić information content (AvgIpc) is 3.04.